The van der Waals surface area contributed by atoms with Gasteiger partial charge in [-0.05, 0) is 64.5 Å². The number of aryl methyl sites for hydroxylation is 2. The molecule has 13 nitrogen and oxygen atoms in total. The van der Waals surface area contributed by atoms with Crippen molar-refractivity contribution in [2.24, 2.45) is 0 Å². The van der Waals surface area contributed by atoms with Crippen LogP contribution in [0.15, 0.2) is 60.7 Å². The lowest BCUT2D eigenvalue weighted by Crippen LogP contribution is -2.55. The maximum absolute atomic E-state index is 13.1. The predicted molar refractivity (Wildman–Crippen MR) is 160 cm³/mol. The molecule has 2 aromatic carbocycles. The number of benzene rings is 2. The van der Waals surface area contributed by atoms with E-state index in [1.165, 1.54) is 0 Å². The number of ether oxygens (including phenoxy) is 3. The Bertz CT molecular complexity index is 1200. The van der Waals surface area contributed by atoms with Crippen molar-refractivity contribution >= 4 is 36.1 Å². The van der Waals surface area contributed by atoms with Gasteiger partial charge in [0.2, 0.25) is 0 Å². The summed E-state index contributed by atoms with van der Waals surface area (Å²) in [4.78, 5) is 77.6. The van der Waals surface area contributed by atoms with E-state index < -0.39 is 60.2 Å². The molecule has 0 spiro atoms. The number of amides is 2. The first kappa shape index (κ1) is 36.3. The lowest BCUT2D eigenvalue weighted by Gasteiger charge is -2.33. The van der Waals surface area contributed by atoms with Gasteiger partial charge in [0.1, 0.15) is 24.2 Å². The highest BCUT2D eigenvalue weighted by Crippen LogP contribution is 2.19. The van der Waals surface area contributed by atoms with Crippen molar-refractivity contribution in [1.82, 2.24) is 9.80 Å². The molecule has 13 heteroatoms. The van der Waals surface area contributed by atoms with E-state index in [1.54, 1.807) is 74.5 Å². The van der Waals surface area contributed by atoms with Crippen molar-refractivity contribution in [3.8, 4) is 0 Å². The number of carbonyl (C=O) groups is 6. The molecule has 0 bridgehead atoms. The Labute approximate surface area is 261 Å². The van der Waals surface area contributed by atoms with Crippen molar-refractivity contribution in [2.75, 3.05) is 13.2 Å². The molecule has 4 atom stereocenters. The quantitative estimate of drug-likeness (QED) is 0.156. The second-order valence-electron chi connectivity index (χ2n) is 10.1. The summed E-state index contributed by atoms with van der Waals surface area (Å²) in [5.74, 6) is -4.46. The summed E-state index contributed by atoms with van der Waals surface area (Å²) in [6.07, 6.45) is -2.79. The van der Waals surface area contributed by atoms with Crippen LogP contribution < -0.4 is 0 Å². The van der Waals surface area contributed by atoms with Gasteiger partial charge in [-0.2, -0.15) is 0 Å². The van der Waals surface area contributed by atoms with E-state index in [-0.39, 0.29) is 38.9 Å². The molecule has 2 aromatic rings. The third kappa shape index (κ3) is 10.6. The number of hydrogen-bond acceptors (Lipinski definition) is 9. The minimum Gasteiger partial charge on any atom is -0.465 e. The van der Waals surface area contributed by atoms with Gasteiger partial charge >= 0.3 is 36.1 Å². The molecule has 2 N–H and O–H groups in total. The first-order valence-electron chi connectivity index (χ1n) is 14.6. The summed E-state index contributed by atoms with van der Waals surface area (Å²) in [5.41, 5.74) is 1.63. The maximum Gasteiger partial charge on any atom is 0.408 e. The fourth-order valence-corrected chi connectivity index (χ4v) is 4.75. The summed E-state index contributed by atoms with van der Waals surface area (Å²) in [5, 5.41) is 20.0. The van der Waals surface area contributed by atoms with Gasteiger partial charge in [0.05, 0.1) is 13.2 Å². The first-order chi connectivity index (χ1) is 21.4. The zero-order chi connectivity index (χ0) is 33.5. The minimum atomic E-state index is -1.67. The summed E-state index contributed by atoms with van der Waals surface area (Å²) in [7, 11) is 0. The van der Waals surface area contributed by atoms with Gasteiger partial charge in [0, 0.05) is 0 Å². The van der Waals surface area contributed by atoms with Gasteiger partial charge in [0.25, 0.3) is 0 Å². The minimum absolute atomic E-state index is 0.0352. The summed E-state index contributed by atoms with van der Waals surface area (Å²) < 4.78 is 15.1. The zero-order valence-corrected chi connectivity index (χ0v) is 25.8. The van der Waals surface area contributed by atoms with E-state index in [2.05, 4.69) is 0 Å². The Morgan fingerprint density at radius 1 is 0.600 bits per heavy atom. The largest absolute Gasteiger partial charge is 0.465 e. The van der Waals surface area contributed by atoms with Crippen LogP contribution in [0.5, 0.6) is 0 Å². The second-order valence-corrected chi connectivity index (χ2v) is 10.1. The number of carbonyl (C=O) groups excluding carboxylic acids is 4. The predicted octanol–water partition coefficient (Wildman–Crippen LogP) is 3.92. The normalized spacial score (nSPS) is 13.3. The maximum atomic E-state index is 13.1. The molecule has 0 aromatic heterocycles. The molecule has 0 aliphatic carbocycles. The highest BCUT2D eigenvalue weighted by atomic mass is 16.6. The molecule has 0 aliphatic rings. The van der Waals surface area contributed by atoms with Crippen LogP contribution >= 0.6 is 0 Å². The lowest BCUT2D eigenvalue weighted by atomic mass is 10.0. The number of hydrogen-bond donors (Lipinski definition) is 2. The molecule has 0 saturated heterocycles. The molecule has 0 aliphatic heterocycles. The van der Waals surface area contributed by atoms with Gasteiger partial charge in [-0.3, -0.25) is 9.80 Å². The standard InChI is InChI=1S/C32H40N2O11/c1-5-43-29(37)25(19-17-23-13-9-7-10-14-23)33(31(39)40)21(3)27(35)45-28(36)22(4)34(32(41)42)26(30(38)44-6-2)20-18-24-15-11-8-12-16-24/h7-16,21-22,25-26H,5-6,17-20H2,1-4H3,(H,39,40)(H,41,42)/t21-,22-,25-,26-/m0/s1. The molecule has 2 amide bonds. The molecule has 0 radical (unpaired) electrons. The highest BCUT2D eigenvalue weighted by Gasteiger charge is 2.42. The Balaban J connectivity index is 2.27. The van der Waals surface area contributed by atoms with Crippen LogP contribution in [0.25, 0.3) is 0 Å². The van der Waals surface area contributed by atoms with Crippen LogP contribution in [0.3, 0.4) is 0 Å². The van der Waals surface area contributed by atoms with E-state index in [0.717, 1.165) is 25.0 Å². The lowest BCUT2D eigenvalue weighted by molar-refractivity contribution is -0.168. The first-order valence-corrected chi connectivity index (χ1v) is 14.6. The summed E-state index contributed by atoms with van der Waals surface area (Å²) >= 11 is 0. The van der Waals surface area contributed by atoms with Crippen molar-refractivity contribution in [1.29, 1.82) is 0 Å². The average molecular weight is 629 g/mol. The summed E-state index contributed by atoms with van der Waals surface area (Å²) in [6.45, 7) is 5.29. The topological polar surface area (TPSA) is 177 Å². The van der Waals surface area contributed by atoms with Crippen LogP contribution in [0.2, 0.25) is 0 Å². The highest BCUT2D eigenvalue weighted by molar-refractivity contribution is 5.94. The molecular weight excluding hydrogens is 588 g/mol. The van der Waals surface area contributed by atoms with E-state index in [0.29, 0.717) is 9.80 Å². The molecule has 0 unspecified atom stereocenters. The molecule has 0 saturated carbocycles. The van der Waals surface area contributed by atoms with Gasteiger partial charge in [-0.25, -0.2) is 28.8 Å². The average Bonchev–Trinajstić information content (AvgIpc) is 3.01. The van der Waals surface area contributed by atoms with Crippen molar-refractivity contribution in [3.63, 3.8) is 0 Å². The third-order valence-electron chi connectivity index (χ3n) is 7.05. The van der Waals surface area contributed by atoms with Gasteiger partial charge < -0.3 is 24.4 Å². The molecule has 45 heavy (non-hydrogen) atoms. The molecule has 0 fully saturated rings. The van der Waals surface area contributed by atoms with Crippen LogP contribution in [-0.2, 0) is 46.2 Å². The van der Waals surface area contributed by atoms with Crippen LogP contribution in [0.4, 0.5) is 9.59 Å². The van der Waals surface area contributed by atoms with E-state index in [1.807, 2.05) is 0 Å². The Kier molecular flexibility index (Phi) is 14.5. The third-order valence-corrected chi connectivity index (χ3v) is 7.05. The Hall–Kier alpha value is -4.94. The van der Waals surface area contributed by atoms with Gasteiger partial charge in [0.15, 0.2) is 0 Å². The molecule has 2 rings (SSSR count). The SMILES string of the molecule is CCOC(=O)[C@H](CCc1ccccc1)N(C(=O)O)[C@@H](C)C(=O)OC(=O)[C@H](C)N(C(=O)O)[C@@H](CCc1ccccc1)C(=O)OCC. The Morgan fingerprint density at radius 2 is 0.933 bits per heavy atom. The van der Waals surface area contributed by atoms with E-state index in [4.69, 9.17) is 14.2 Å². The zero-order valence-electron chi connectivity index (χ0n) is 25.8. The smallest absolute Gasteiger partial charge is 0.408 e. The van der Waals surface area contributed by atoms with Crippen molar-refractivity contribution in [3.05, 3.63) is 71.8 Å². The van der Waals surface area contributed by atoms with Gasteiger partial charge in [-0.15, -0.1) is 0 Å². The van der Waals surface area contributed by atoms with Crippen molar-refractivity contribution in [2.45, 2.75) is 77.5 Å². The van der Waals surface area contributed by atoms with Gasteiger partial charge in [-0.1, -0.05) is 60.7 Å². The van der Waals surface area contributed by atoms with Crippen LogP contribution in [0, 0.1) is 0 Å². The second kappa shape index (κ2) is 18.0. The fraction of sp³-hybridized carbons (Fsp3) is 0.438. The Morgan fingerprint density at radius 3 is 1.22 bits per heavy atom. The number of rotatable bonds is 16. The number of carboxylic acid groups (broad SMARTS) is 2. The summed E-state index contributed by atoms with van der Waals surface area (Å²) in [6, 6.07) is 11.7. The molecule has 244 valence electrons. The fourth-order valence-electron chi connectivity index (χ4n) is 4.75. The van der Waals surface area contributed by atoms with Crippen molar-refractivity contribution < 1.29 is 53.2 Å². The number of nitrogens with zero attached hydrogens (tertiary/aromatic N) is 2. The molecular formula is C32H40N2O11. The number of esters is 4. The van der Waals surface area contributed by atoms with Crippen LogP contribution in [-0.4, -0.2) is 93.5 Å². The van der Waals surface area contributed by atoms with E-state index >= 15 is 0 Å². The molecule has 0 heterocycles. The van der Waals surface area contributed by atoms with Crippen LogP contribution in [0.1, 0.15) is 51.7 Å². The van der Waals surface area contributed by atoms with E-state index in [9.17, 15) is 39.0 Å². The monoisotopic (exact) mass is 628 g/mol.